The number of nitrogens with one attached hydrogen (secondary N) is 2. The van der Waals surface area contributed by atoms with Gasteiger partial charge in [0.05, 0.1) is 21.8 Å². The maximum atomic E-state index is 11.5. The van der Waals surface area contributed by atoms with Crippen molar-refractivity contribution in [3.05, 3.63) is 27.7 Å². The molecule has 18 heavy (non-hydrogen) atoms. The van der Waals surface area contributed by atoms with Crippen LogP contribution in [0.4, 0.5) is 5.69 Å². The molecule has 0 spiro atoms. The van der Waals surface area contributed by atoms with Crippen molar-refractivity contribution in [3.8, 4) is 6.07 Å². The third-order valence-electron chi connectivity index (χ3n) is 2.06. The van der Waals surface area contributed by atoms with Crippen LogP contribution in [0.25, 0.3) is 0 Å². The molecule has 0 bridgehead atoms. The molecule has 1 rings (SSSR count). The molecule has 5 nitrogen and oxygen atoms in total. The molecule has 0 aromatic heterocycles. The van der Waals surface area contributed by atoms with Crippen LogP contribution in [0.3, 0.4) is 0 Å². The molecule has 0 aliphatic rings. The number of nitriles is 1. The average molecular weight is 286 g/mol. The monoisotopic (exact) mass is 285 g/mol. The molecule has 0 atom stereocenters. The topological polar surface area (TPSA) is 82.0 Å². The second-order valence-electron chi connectivity index (χ2n) is 3.35. The number of amides is 2. The third kappa shape index (κ3) is 3.36. The molecular formula is C11H9Cl2N3O2. The van der Waals surface area contributed by atoms with Crippen molar-refractivity contribution in [3.63, 3.8) is 0 Å². The Labute approximate surface area is 114 Å². The van der Waals surface area contributed by atoms with E-state index in [0.717, 1.165) is 0 Å². The predicted molar refractivity (Wildman–Crippen MR) is 68.5 cm³/mol. The number of hydrogen-bond acceptors (Lipinski definition) is 3. The van der Waals surface area contributed by atoms with E-state index in [9.17, 15) is 9.59 Å². The average Bonchev–Trinajstić information content (AvgIpc) is 2.36. The van der Waals surface area contributed by atoms with E-state index in [1.165, 1.54) is 0 Å². The molecule has 2 amide bonds. The summed E-state index contributed by atoms with van der Waals surface area (Å²) in [6, 6.07) is 4.94. The highest BCUT2D eigenvalue weighted by Gasteiger charge is 2.17. The van der Waals surface area contributed by atoms with Gasteiger partial charge in [0, 0.05) is 0 Å². The number of benzene rings is 1. The van der Waals surface area contributed by atoms with Crippen LogP contribution in [0.2, 0.25) is 10.0 Å². The smallest absolute Gasteiger partial charge is 0.313 e. The van der Waals surface area contributed by atoms with Crippen LogP contribution >= 0.6 is 23.2 Å². The maximum absolute atomic E-state index is 11.5. The van der Waals surface area contributed by atoms with Gasteiger partial charge in [-0.2, -0.15) is 5.26 Å². The van der Waals surface area contributed by atoms with Crippen molar-refractivity contribution in [2.75, 3.05) is 11.9 Å². The maximum Gasteiger partial charge on any atom is 0.313 e. The molecule has 1 aromatic carbocycles. The summed E-state index contributed by atoms with van der Waals surface area (Å²) in [6.07, 6.45) is 0. The summed E-state index contributed by atoms with van der Waals surface area (Å²) in [4.78, 5) is 22.7. The minimum atomic E-state index is -0.931. The zero-order valence-corrected chi connectivity index (χ0v) is 10.9. The quantitative estimate of drug-likeness (QED) is 0.643. The summed E-state index contributed by atoms with van der Waals surface area (Å²) < 4.78 is 0. The summed E-state index contributed by atoms with van der Waals surface area (Å²) in [7, 11) is 0. The number of nitrogens with zero attached hydrogens (tertiary/aromatic N) is 1. The summed E-state index contributed by atoms with van der Waals surface area (Å²) in [5.41, 5.74) is 0.893. The Morgan fingerprint density at radius 3 is 2.61 bits per heavy atom. The fourth-order valence-corrected chi connectivity index (χ4v) is 1.61. The van der Waals surface area contributed by atoms with Gasteiger partial charge in [-0.1, -0.05) is 29.3 Å². The molecule has 2 N–H and O–H groups in total. The van der Waals surface area contributed by atoms with Crippen LogP contribution < -0.4 is 10.6 Å². The first-order chi connectivity index (χ1) is 8.47. The van der Waals surface area contributed by atoms with Gasteiger partial charge in [-0.05, 0) is 18.6 Å². The molecule has 94 valence electrons. The summed E-state index contributed by atoms with van der Waals surface area (Å²) in [5.74, 6) is -1.86. The van der Waals surface area contributed by atoms with E-state index in [1.54, 1.807) is 25.1 Å². The van der Waals surface area contributed by atoms with Gasteiger partial charge in [0.2, 0.25) is 0 Å². The first-order valence-corrected chi connectivity index (χ1v) is 5.63. The highest BCUT2D eigenvalue weighted by molar-refractivity contribution is 6.44. The molecule has 0 radical (unpaired) electrons. The van der Waals surface area contributed by atoms with Crippen LogP contribution in [-0.2, 0) is 9.59 Å². The van der Waals surface area contributed by atoms with Crippen LogP contribution in [0.5, 0.6) is 0 Å². The molecule has 0 fully saturated rings. The second-order valence-corrected chi connectivity index (χ2v) is 4.13. The number of rotatable bonds is 2. The molecule has 7 heteroatoms. The lowest BCUT2D eigenvalue weighted by atomic mass is 10.2. The van der Waals surface area contributed by atoms with E-state index in [4.69, 9.17) is 28.5 Å². The van der Waals surface area contributed by atoms with E-state index in [0.29, 0.717) is 5.56 Å². The van der Waals surface area contributed by atoms with Gasteiger partial charge in [-0.15, -0.1) is 0 Å². The van der Waals surface area contributed by atoms with E-state index in [1.807, 2.05) is 0 Å². The molecule has 0 unspecified atom stereocenters. The Balaban J connectivity index is 2.86. The largest absolute Gasteiger partial charge is 0.335 e. The number of aryl methyl sites for hydroxylation is 1. The van der Waals surface area contributed by atoms with Gasteiger partial charge in [-0.3, -0.25) is 9.59 Å². The van der Waals surface area contributed by atoms with Crippen molar-refractivity contribution in [2.45, 2.75) is 6.92 Å². The van der Waals surface area contributed by atoms with Crippen molar-refractivity contribution in [1.29, 1.82) is 5.26 Å². The standard InChI is InChI=1S/C11H9Cl2N3O2/c1-6-2-3-7(12)9(8(6)13)16-11(18)10(17)15-5-4-14/h2-3H,5H2,1H3,(H,15,17)(H,16,18). The van der Waals surface area contributed by atoms with Gasteiger partial charge in [0.25, 0.3) is 0 Å². The summed E-state index contributed by atoms with van der Waals surface area (Å²) in [6.45, 7) is 1.49. The van der Waals surface area contributed by atoms with Gasteiger partial charge in [-0.25, -0.2) is 0 Å². The van der Waals surface area contributed by atoms with Crippen LogP contribution in [0.15, 0.2) is 12.1 Å². The van der Waals surface area contributed by atoms with Gasteiger partial charge < -0.3 is 10.6 Å². The van der Waals surface area contributed by atoms with Crippen LogP contribution in [0, 0.1) is 18.3 Å². The number of carbonyl (C=O) groups excluding carboxylic acids is 2. The molecular weight excluding hydrogens is 277 g/mol. The fourth-order valence-electron chi connectivity index (χ4n) is 1.14. The van der Waals surface area contributed by atoms with E-state index in [-0.39, 0.29) is 22.3 Å². The van der Waals surface area contributed by atoms with E-state index >= 15 is 0 Å². The van der Waals surface area contributed by atoms with Crippen LogP contribution in [0.1, 0.15) is 5.56 Å². The lowest BCUT2D eigenvalue weighted by Crippen LogP contribution is -2.35. The SMILES string of the molecule is Cc1ccc(Cl)c(NC(=O)C(=O)NCC#N)c1Cl. The molecule has 0 aliphatic heterocycles. The molecule has 0 saturated carbocycles. The Bertz CT molecular complexity index is 538. The summed E-state index contributed by atoms with van der Waals surface area (Å²) >= 11 is 11.8. The third-order valence-corrected chi connectivity index (χ3v) is 2.86. The van der Waals surface area contributed by atoms with Gasteiger partial charge in [0.1, 0.15) is 6.54 Å². The first-order valence-electron chi connectivity index (χ1n) is 4.88. The molecule has 0 saturated heterocycles. The zero-order chi connectivity index (χ0) is 13.7. The van der Waals surface area contributed by atoms with Gasteiger partial charge >= 0.3 is 11.8 Å². The first kappa shape index (κ1) is 14.3. The Kier molecular flexibility index (Phi) is 4.95. The van der Waals surface area contributed by atoms with Crippen molar-refractivity contribution >= 4 is 40.7 Å². The van der Waals surface area contributed by atoms with Gasteiger partial charge in [0.15, 0.2) is 0 Å². The molecule has 1 aromatic rings. The Morgan fingerprint density at radius 1 is 1.33 bits per heavy atom. The van der Waals surface area contributed by atoms with Crippen molar-refractivity contribution in [1.82, 2.24) is 5.32 Å². The number of hydrogen-bond donors (Lipinski definition) is 2. The molecule has 0 heterocycles. The lowest BCUT2D eigenvalue weighted by Gasteiger charge is -2.10. The highest BCUT2D eigenvalue weighted by Crippen LogP contribution is 2.32. The highest BCUT2D eigenvalue weighted by atomic mass is 35.5. The van der Waals surface area contributed by atoms with E-state index in [2.05, 4.69) is 10.6 Å². The second kappa shape index (κ2) is 6.24. The van der Waals surface area contributed by atoms with Crippen molar-refractivity contribution in [2.24, 2.45) is 0 Å². The fraction of sp³-hybridized carbons (Fsp3) is 0.182. The Hall–Kier alpha value is -1.77. The number of halogens is 2. The van der Waals surface area contributed by atoms with E-state index < -0.39 is 11.8 Å². The minimum absolute atomic E-state index is 0.176. The predicted octanol–water partition coefficient (Wildman–Crippen LogP) is 1.88. The normalized spacial score (nSPS) is 9.44. The molecule has 0 aliphatic carbocycles. The summed E-state index contributed by atoms with van der Waals surface area (Å²) in [5, 5.41) is 13.2. The van der Waals surface area contributed by atoms with Crippen LogP contribution in [-0.4, -0.2) is 18.4 Å². The lowest BCUT2D eigenvalue weighted by molar-refractivity contribution is -0.136. The van der Waals surface area contributed by atoms with Crippen molar-refractivity contribution < 1.29 is 9.59 Å². The number of anilines is 1. The number of carbonyl (C=O) groups is 2. The zero-order valence-electron chi connectivity index (χ0n) is 9.38. The Morgan fingerprint density at radius 2 is 2.00 bits per heavy atom. The minimum Gasteiger partial charge on any atom is -0.335 e.